The molecule has 24 heavy (non-hydrogen) atoms. The van der Waals surface area contributed by atoms with E-state index in [-0.39, 0.29) is 18.0 Å². The maximum atomic E-state index is 12.3. The molecular formula is C16H15N5O3. The first-order chi connectivity index (χ1) is 11.7. The number of amides is 1. The predicted molar refractivity (Wildman–Crippen MR) is 86.4 cm³/mol. The van der Waals surface area contributed by atoms with Crippen molar-refractivity contribution in [1.82, 2.24) is 25.3 Å². The molecule has 2 aromatic heterocycles. The molecule has 0 spiro atoms. The van der Waals surface area contributed by atoms with Crippen molar-refractivity contribution in [1.29, 1.82) is 0 Å². The van der Waals surface area contributed by atoms with Crippen molar-refractivity contribution in [2.24, 2.45) is 0 Å². The second-order valence-electron chi connectivity index (χ2n) is 5.05. The maximum absolute atomic E-state index is 12.3. The summed E-state index contributed by atoms with van der Waals surface area (Å²) in [5, 5.41) is 10.9. The molecule has 0 bridgehead atoms. The lowest BCUT2D eigenvalue weighted by Gasteiger charge is -2.07. The lowest BCUT2D eigenvalue weighted by Crippen LogP contribution is -2.34. The van der Waals surface area contributed by atoms with Crippen molar-refractivity contribution in [3.8, 4) is 5.88 Å². The molecule has 0 aliphatic carbocycles. The molecule has 8 nitrogen and oxygen atoms in total. The van der Waals surface area contributed by atoms with Crippen molar-refractivity contribution < 1.29 is 9.53 Å². The van der Waals surface area contributed by atoms with Gasteiger partial charge in [-0.2, -0.15) is 0 Å². The lowest BCUT2D eigenvalue weighted by atomic mass is 10.2. The molecule has 0 fully saturated rings. The Balaban J connectivity index is 1.69. The van der Waals surface area contributed by atoms with Crippen molar-refractivity contribution in [3.05, 3.63) is 58.5 Å². The Morgan fingerprint density at radius 1 is 1.29 bits per heavy atom. The fraction of sp³-hybridized carbons (Fsp3) is 0.188. The normalized spacial score (nSPS) is 10.5. The molecule has 0 aliphatic rings. The maximum Gasteiger partial charge on any atom is 0.278 e. The average Bonchev–Trinajstić information content (AvgIpc) is 2.63. The predicted octanol–water partition coefficient (Wildman–Crippen LogP) is 0.511. The van der Waals surface area contributed by atoms with Gasteiger partial charge >= 0.3 is 0 Å². The van der Waals surface area contributed by atoms with E-state index in [2.05, 4.69) is 20.6 Å². The largest absolute Gasteiger partial charge is 0.481 e. The van der Waals surface area contributed by atoms with E-state index >= 15 is 0 Å². The molecule has 0 atom stereocenters. The molecule has 122 valence electrons. The molecule has 3 rings (SSSR count). The van der Waals surface area contributed by atoms with Crippen LogP contribution in [-0.4, -0.2) is 33.0 Å². The molecular weight excluding hydrogens is 310 g/mol. The zero-order valence-electron chi connectivity index (χ0n) is 13.0. The van der Waals surface area contributed by atoms with Gasteiger partial charge in [-0.1, -0.05) is 17.3 Å². The molecule has 0 aliphatic heterocycles. The number of ether oxygens (including phenoxy) is 1. The van der Waals surface area contributed by atoms with Crippen molar-refractivity contribution in [3.63, 3.8) is 0 Å². The van der Waals surface area contributed by atoms with Crippen LogP contribution in [0, 0.1) is 0 Å². The van der Waals surface area contributed by atoms with Crippen LogP contribution in [0.2, 0.25) is 0 Å². The number of pyridine rings is 1. The first-order valence-electron chi connectivity index (χ1n) is 7.25. The number of fused-ring (bicyclic) bond motifs is 1. The third-order valence-electron chi connectivity index (χ3n) is 3.42. The smallest absolute Gasteiger partial charge is 0.278 e. The minimum Gasteiger partial charge on any atom is -0.481 e. The van der Waals surface area contributed by atoms with Crippen LogP contribution in [0.4, 0.5) is 0 Å². The Bertz CT molecular complexity index is 938. The Morgan fingerprint density at radius 2 is 2.12 bits per heavy atom. The summed E-state index contributed by atoms with van der Waals surface area (Å²) >= 11 is 0. The highest BCUT2D eigenvalue weighted by Crippen LogP contribution is 2.08. The van der Waals surface area contributed by atoms with E-state index in [9.17, 15) is 9.59 Å². The average molecular weight is 325 g/mol. The summed E-state index contributed by atoms with van der Waals surface area (Å²) in [6, 6.07) is 10.4. The highest BCUT2D eigenvalue weighted by molar-refractivity contribution is 5.78. The minimum atomic E-state index is -0.346. The Labute approximate surface area is 137 Å². The number of benzene rings is 1. The second kappa shape index (κ2) is 6.86. The quantitative estimate of drug-likeness (QED) is 0.734. The molecule has 1 N–H and O–H groups in total. The van der Waals surface area contributed by atoms with Gasteiger partial charge in [0.05, 0.1) is 12.5 Å². The number of nitrogens with one attached hydrogen (secondary N) is 1. The third-order valence-corrected chi connectivity index (χ3v) is 3.42. The van der Waals surface area contributed by atoms with Crippen molar-refractivity contribution in [2.45, 2.75) is 13.1 Å². The van der Waals surface area contributed by atoms with Crippen molar-refractivity contribution in [2.75, 3.05) is 7.11 Å². The molecule has 0 unspecified atom stereocenters. The molecule has 0 radical (unpaired) electrons. The lowest BCUT2D eigenvalue weighted by molar-refractivity contribution is -0.122. The van der Waals surface area contributed by atoms with E-state index in [0.29, 0.717) is 23.3 Å². The SMILES string of the molecule is COc1cc(CNC(=O)Cn2nnc3ccccc3c2=O)ccn1. The molecule has 0 saturated carbocycles. The Hall–Kier alpha value is -3.29. The molecule has 2 heterocycles. The number of aromatic nitrogens is 4. The van der Waals surface area contributed by atoms with Gasteiger partial charge in [0.25, 0.3) is 5.56 Å². The van der Waals surface area contributed by atoms with E-state index in [1.54, 1.807) is 42.6 Å². The Kier molecular flexibility index (Phi) is 4.46. The number of nitrogens with zero attached hydrogens (tertiary/aromatic N) is 4. The van der Waals surface area contributed by atoms with Gasteiger partial charge in [-0.3, -0.25) is 9.59 Å². The van der Waals surface area contributed by atoms with Crippen LogP contribution in [0.1, 0.15) is 5.56 Å². The third kappa shape index (κ3) is 3.37. The summed E-state index contributed by atoms with van der Waals surface area (Å²) in [6.45, 7) is 0.104. The number of hydrogen-bond acceptors (Lipinski definition) is 6. The number of rotatable bonds is 5. The summed E-state index contributed by atoms with van der Waals surface area (Å²) in [7, 11) is 1.52. The highest BCUT2D eigenvalue weighted by atomic mass is 16.5. The van der Waals surface area contributed by atoms with Crippen LogP contribution in [0.5, 0.6) is 5.88 Å². The van der Waals surface area contributed by atoms with Gasteiger partial charge in [-0.15, -0.1) is 5.10 Å². The number of hydrogen-bond donors (Lipinski definition) is 1. The van der Waals surface area contributed by atoms with Gasteiger partial charge in [0, 0.05) is 18.8 Å². The van der Waals surface area contributed by atoms with Gasteiger partial charge in [0.2, 0.25) is 11.8 Å². The fourth-order valence-electron chi connectivity index (χ4n) is 2.19. The van der Waals surface area contributed by atoms with Crippen LogP contribution in [0.25, 0.3) is 10.9 Å². The van der Waals surface area contributed by atoms with Crippen LogP contribution in [0.3, 0.4) is 0 Å². The topological polar surface area (TPSA) is 99.0 Å². The summed E-state index contributed by atoms with van der Waals surface area (Å²) in [5.41, 5.74) is 0.997. The zero-order valence-corrected chi connectivity index (χ0v) is 13.0. The standard InChI is InChI=1S/C16H15N5O3/c1-24-15-8-11(6-7-17-15)9-18-14(22)10-21-16(23)12-4-2-3-5-13(12)19-20-21/h2-8H,9-10H2,1H3,(H,18,22). The monoisotopic (exact) mass is 325 g/mol. The van der Waals surface area contributed by atoms with Crippen LogP contribution >= 0.6 is 0 Å². The summed E-state index contributed by atoms with van der Waals surface area (Å²) in [4.78, 5) is 28.3. The van der Waals surface area contributed by atoms with E-state index in [1.807, 2.05) is 0 Å². The Morgan fingerprint density at radius 3 is 2.96 bits per heavy atom. The molecule has 1 aromatic carbocycles. The van der Waals surface area contributed by atoms with Crippen LogP contribution < -0.4 is 15.6 Å². The van der Waals surface area contributed by atoms with Gasteiger partial charge < -0.3 is 10.1 Å². The van der Waals surface area contributed by atoms with E-state index in [4.69, 9.17) is 4.74 Å². The number of methoxy groups -OCH3 is 1. The number of carbonyl (C=O) groups is 1. The van der Waals surface area contributed by atoms with Crippen LogP contribution in [0.15, 0.2) is 47.4 Å². The molecule has 1 amide bonds. The first-order valence-corrected chi connectivity index (χ1v) is 7.25. The van der Waals surface area contributed by atoms with Gasteiger partial charge in [-0.25, -0.2) is 9.67 Å². The highest BCUT2D eigenvalue weighted by Gasteiger charge is 2.09. The van der Waals surface area contributed by atoms with Gasteiger partial charge in [0.15, 0.2) is 0 Å². The van der Waals surface area contributed by atoms with E-state index < -0.39 is 0 Å². The molecule has 8 heteroatoms. The van der Waals surface area contributed by atoms with Gasteiger partial charge in [-0.05, 0) is 23.8 Å². The summed E-state index contributed by atoms with van der Waals surface area (Å²) in [6.07, 6.45) is 1.60. The molecule has 0 saturated heterocycles. The van der Waals surface area contributed by atoms with Crippen LogP contribution in [-0.2, 0) is 17.9 Å². The summed E-state index contributed by atoms with van der Waals surface area (Å²) < 4.78 is 6.07. The zero-order chi connectivity index (χ0) is 16.9. The van der Waals surface area contributed by atoms with E-state index in [1.165, 1.54) is 7.11 Å². The minimum absolute atomic E-state index is 0.196. The van der Waals surface area contributed by atoms with E-state index in [0.717, 1.165) is 10.2 Å². The van der Waals surface area contributed by atoms with Crippen molar-refractivity contribution >= 4 is 16.8 Å². The fourth-order valence-corrected chi connectivity index (χ4v) is 2.19. The first kappa shape index (κ1) is 15.6. The molecule has 3 aromatic rings. The van der Waals surface area contributed by atoms with Gasteiger partial charge in [0.1, 0.15) is 12.1 Å². The summed E-state index contributed by atoms with van der Waals surface area (Å²) in [5.74, 6) is 0.135. The second-order valence-corrected chi connectivity index (χ2v) is 5.05. The number of carbonyl (C=O) groups excluding carboxylic acids is 1.